The zero-order chi connectivity index (χ0) is 21.2. The summed E-state index contributed by atoms with van der Waals surface area (Å²) in [7, 11) is 3.36. The molecule has 30 heavy (non-hydrogen) atoms. The molecule has 2 N–H and O–H groups in total. The van der Waals surface area contributed by atoms with Crippen molar-refractivity contribution in [1.29, 1.82) is 0 Å². The van der Waals surface area contributed by atoms with E-state index in [1.807, 2.05) is 10.6 Å². The fourth-order valence-electron chi connectivity index (χ4n) is 3.54. The fraction of sp³-hybridized carbons (Fsp3) is 0.571. The van der Waals surface area contributed by atoms with Gasteiger partial charge in [0.05, 0.1) is 14.2 Å². The molecule has 0 saturated carbocycles. The number of ether oxygens (including phenoxy) is 2. The molecule has 9 nitrogen and oxygen atoms in total. The first kappa shape index (κ1) is 21.7. The van der Waals surface area contributed by atoms with Gasteiger partial charge < -0.3 is 29.6 Å². The number of hydrogen-bond acceptors (Lipinski definition) is 6. The van der Waals surface area contributed by atoms with Gasteiger partial charge >= 0.3 is 0 Å². The predicted octanol–water partition coefficient (Wildman–Crippen LogP) is 1.91. The van der Waals surface area contributed by atoms with Crippen LogP contribution in [0.5, 0.6) is 11.5 Å². The molecule has 1 aliphatic heterocycles. The largest absolute Gasteiger partial charge is 0.497 e. The van der Waals surface area contributed by atoms with Crippen LogP contribution >= 0.6 is 0 Å². The van der Waals surface area contributed by atoms with E-state index < -0.39 is 0 Å². The average molecular weight is 416 g/mol. The van der Waals surface area contributed by atoms with E-state index in [1.165, 1.54) is 0 Å². The molecule has 0 aliphatic carbocycles. The topological polar surface area (TPSA) is 88.8 Å². The van der Waals surface area contributed by atoms with Gasteiger partial charge in [0.25, 0.3) is 0 Å². The molecular weight excluding hydrogens is 382 g/mol. The number of unbranched alkanes of at least 4 members (excludes halogenated alkanes) is 1. The number of aromatic nitrogens is 3. The number of nitrogens with one attached hydrogen (secondary N) is 2. The Morgan fingerprint density at radius 1 is 1.13 bits per heavy atom. The molecule has 1 aromatic heterocycles. The van der Waals surface area contributed by atoms with Gasteiger partial charge in [0.1, 0.15) is 24.2 Å². The Balaban J connectivity index is 1.50. The minimum Gasteiger partial charge on any atom is -0.497 e. The number of rotatable bonds is 10. The van der Waals surface area contributed by atoms with E-state index in [0.717, 1.165) is 75.1 Å². The Hall–Kier alpha value is -2.97. The van der Waals surface area contributed by atoms with Crippen LogP contribution in [0.1, 0.15) is 26.2 Å². The average Bonchev–Trinajstić information content (AvgIpc) is 3.45. The lowest BCUT2D eigenvalue weighted by Crippen LogP contribution is -2.44. The third kappa shape index (κ3) is 6.27. The molecule has 9 heteroatoms. The molecule has 2 heterocycles. The van der Waals surface area contributed by atoms with Crippen molar-refractivity contribution in [3.63, 3.8) is 0 Å². The number of nitrogens with zero attached hydrogens (tertiary/aromatic N) is 5. The van der Waals surface area contributed by atoms with Crippen LogP contribution in [0.25, 0.3) is 0 Å². The summed E-state index contributed by atoms with van der Waals surface area (Å²) in [6.45, 7) is 6.54. The lowest BCUT2D eigenvalue weighted by atomic mass is 10.2. The molecule has 0 bridgehead atoms. The van der Waals surface area contributed by atoms with Crippen molar-refractivity contribution in [3.8, 4) is 11.5 Å². The molecule has 1 aromatic carbocycles. The van der Waals surface area contributed by atoms with Crippen molar-refractivity contribution < 1.29 is 9.47 Å². The molecule has 1 unspecified atom stereocenters. The summed E-state index contributed by atoms with van der Waals surface area (Å²) >= 11 is 0. The summed E-state index contributed by atoms with van der Waals surface area (Å²) in [6, 6.07) is 6.35. The molecule has 0 radical (unpaired) electrons. The van der Waals surface area contributed by atoms with Crippen LogP contribution < -0.4 is 25.0 Å². The van der Waals surface area contributed by atoms with Crippen molar-refractivity contribution in [2.45, 2.75) is 38.8 Å². The Morgan fingerprint density at radius 3 is 2.53 bits per heavy atom. The summed E-state index contributed by atoms with van der Waals surface area (Å²) in [4.78, 5) is 7.10. The number of methoxy groups -OCH3 is 2. The van der Waals surface area contributed by atoms with E-state index in [4.69, 9.17) is 14.5 Å². The molecular formula is C21H33N7O2. The molecule has 164 valence electrons. The maximum atomic E-state index is 5.41. The van der Waals surface area contributed by atoms with Crippen LogP contribution in [0.15, 0.2) is 35.8 Å². The monoisotopic (exact) mass is 415 g/mol. The Kier molecular flexibility index (Phi) is 8.17. The van der Waals surface area contributed by atoms with Gasteiger partial charge in [0, 0.05) is 62.7 Å². The van der Waals surface area contributed by atoms with Gasteiger partial charge in [-0.3, -0.25) is 4.99 Å². The van der Waals surface area contributed by atoms with Crippen LogP contribution in [-0.2, 0) is 6.54 Å². The van der Waals surface area contributed by atoms with Gasteiger partial charge in [-0.25, -0.2) is 0 Å². The Labute approximate surface area is 178 Å². The van der Waals surface area contributed by atoms with Crippen LogP contribution in [-0.4, -0.2) is 67.2 Å². The lowest BCUT2D eigenvalue weighted by Gasteiger charge is -2.21. The number of aliphatic imine (C=N–C) groups is 1. The number of benzene rings is 1. The van der Waals surface area contributed by atoms with Crippen LogP contribution in [0.2, 0.25) is 0 Å². The van der Waals surface area contributed by atoms with E-state index in [-0.39, 0.29) is 0 Å². The van der Waals surface area contributed by atoms with E-state index in [0.29, 0.717) is 6.04 Å². The van der Waals surface area contributed by atoms with E-state index >= 15 is 0 Å². The van der Waals surface area contributed by atoms with Crippen molar-refractivity contribution in [3.05, 3.63) is 30.9 Å². The third-order valence-corrected chi connectivity index (χ3v) is 5.14. The van der Waals surface area contributed by atoms with Gasteiger partial charge in [0.15, 0.2) is 5.96 Å². The molecule has 2 aromatic rings. The summed E-state index contributed by atoms with van der Waals surface area (Å²) in [5, 5.41) is 14.6. The standard InChI is InChI=1S/C21H33N7O2/c1-4-22-21(23-8-5-6-9-27-15-24-25-16-27)26-17-7-10-28(14-17)18-11-19(29-2)13-20(12-18)30-3/h11-13,15-17H,4-10,14H2,1-3H3,(H2,22,23,26). The van der Waals surface area contributed by atoms with Crippen molar-refractivity contribution in [2.24, 2.45) is 4.99 Å². The van der Waals surface area contributed by atoms with Crippen molar-refractivity contribution in [2.75, 3.05) is 45.3 Å². The van der Waals surface area contributed by atoms with Crippen LogP contribution in [0.3, 0.4) is 0 Å². The smallest absolute Gasteiger partial charge is 0.191 e. The van der Waals surface area contributed by atoms with Crippen LogP contribution in [0, 0.1) is 0 Å². The number of guanidine groups is 1. The molecule has 1 aliphatic rings. The minimum atomic E-state index is 0.344. The quantitative estimate of drug-likeness (QED) is 0.348. The highest BCUT2D eigenvalue weighted by Gasteiger charge is 2.24. The minimum absolute atomic E-state index is 0.344. The first-order valence-electron chi connectivity index (χ1n) is 10.6. The third-order valence-electron chi connectivity index (χ3n) is 5.14. The van der Waals surface area contributed by atoms with E-state index in [1.54, 1.807) is 26.9 Å². The summed E-state index contributed by atoms with van der Waals surface area (Å²) in [6.07, 6.45) is 6.62. The van der Waals surface area contributed by atoms with Crippen LogP contribution in [0.4, 0.5) is 5.69 Å². The predicted molar refractivity (Wildman–Crippen MR) is 119 cm³/mol. The lowest BCUT2D eigenvalue weighted by molar-refractivity contribution is 0.394. The zero-order valence-electron chi connectivity index (χ0n) is 18.2. The second-order valence-electron chi connectivity index (χ2n) is 7.31. The molecule has 0 amide bonds. The molecule has 1 atom stereocenters. The number of anilines is 1. The molecule has 3 rings (SSSR count). The molecule has 1 fully saturated rings. The second kappa shape index (κ2) is 11.3. The van der Waals surface area contributed by atoms with Gasteiger partial charge in [0.2, 0.25) is 0 Å². The SMILES string of the molecule is CCNC(=NCCCCn1cnnc1)NC1CCN(c2cc(OC)cc(OC)c2)C1. The Bertz CT molecular complexity index is 772. The summed E-state index contributed by atoms with van der Waals surface area (Å²) in [5.41, 5.74) is 1.12. The van der Waals surface area contributed by atoms with E-state index in [2.05, 4.69) is 44.8 Å². The maximum absolute atomic E-state index is 5.41. The second-order valence-corrected chi connectivity index (χ2v) is 7.31. The Morgan fingerprint density at radius 2 is 1.87 bits per heavy atom. The number of hydrogen-bond donors (Lipinski definition) is 2. The first-order chi connectivity index (χ1) is 14.7. The highest BCUT2D eigenvalue weighted by atomic mass is 16.5. The van der Waals surface area contributed by atoms with Crippen molar-refractivity contribution >= 4 is 11.6 Å². The molecule has 1 saturated heterocycles. The van der Waals surface area contributed by atoms with Gasteiger partial charge in [-0.05, 0) is 26.2 Å². The van der Waals surface area contributed by atoms with Gasteiger partial charge in [-0.1, -0.05) is 0 Å². The normalized spacial score (nSPS) is 16.6. The zero-order valence-corrected chi connectivity index (χ0v) is 18.2. The first-order valence-corrected chi connectivity index (χ1v) is 10.6. The fourth-order valence-corrected chi connectivity index (χ4v) is 3.54. The van der Waals surface area contributed by atoms with Gasteiger partial charge in [-0.15, -0.1) is 10.2 Å². The molecule has 0 spiro atoms. The highest BCUT2D eigenvalue weighted by molar-refractivity contribution is 5.80. The van der Waals surface area contributed by atoms with Gasteiger partial charge in [-0.2, -0.15) is 0 Å². The van der Waals surface area contributed by atoms with E-state index in [9.17, 15) is 0 Å². The maximum Gasteiger partial charge on any atom is 0.191 e. The van der Waals surface area contributed by atoms with Crippen molar-refractivity contribution in [1.82, 2.24) is 25.4 Å². The highest BCUT2D eigenvalue weighted by Crippen LogP contribution is 2.30. The summed E-state index contributed by atoms with van der Waals surface area (Å²) < 4.78 is 12.8. The number of aryl methyl sites for hydroxylation is 1. The summed E-state index contributed by atoms with van der Waals surface area (Å²) in [5.74, 6) is 2.50.